The van der Waals surface area contributed by atoms with Gasteiger partial charge in [0, 0.05) is 42.6 Å². The van der Waals surface area contributed by atoms with Crippen molar-refractivity contribution in [2.24, 2.45) is 0 Å². The molecule has 4 rings (SSSR count). The molecule has 1 N–H and O–H groups in total. The number of hydrogen-bond acceptors (Lipinski definition) is 4. The highest BCUT2D eigenvalue weighted by atomic mass is 32.2. The number of para-hydroxylation sites is 1. The average Bonchev–Trinajstić information content (AvgIpc) is 2.81. The minimum Gasteiger partial charge on any atom is -0.491 e. The fourth-order valence-electron chi connectivity index (χ4n) is 3.55. The molecular weight excluding hydrogens is 304 g/mol. The van der Waals surface area contributed by atoms with E-state index in [9.17, 15) is 0 Å². The van der Waals surface area contributed by atoms with Gasteiger partial charge in [0.05, 0.1) is 12.3 Å². The Hall–Kier alpha value is -1.65. The Balaban J connectivity index is 1.80. The highest BCUT2D eigenvalue weighted by Crippen LogP contribution is 2.42. The third-order valence-electron chi connectivity index (χ3n) is 4.73. The summed E-state index contributed by atoms with van der Waals surface area (Å²) in [7, 11) is 0. The van der Waals surface area contributed by atoms with Gasteiger partial charge in [-0.2, -0.15) is 0 Å². The Morgan fingerprint density at radius 1 is 1.22 bits per heavy atom. The first-order chi connectivity index (χ1) is 11.4. The monoisotopic (exact) mass is 326 g/mol. The lowest BCUT2D eigenvalue weighted by Gasteiger charge is -2.36. The fourth-order valence-corrected chi connectivity index (χ4v) is 4.01. The van der Waals surface area contributed by atoms with Crippen LogP contribution in [0.5, 0.6) is 5.75 Å². The zero-order valence-electron chi connectivity index (χ0n) is 13.4. The first-order valence-electron chi connectivity index (χ1n) is 8.24. The highest BCUT2D eigenvalue weighted by Gasteiger charge is 2.28. The van der Waals surface area contributed by atoms with Crippen LogP contribution in [-0.2, 0) is 0 Å². The van der Waals surface area contributed by atoms with Crippen LogP contribution in [0.4, 0.5) is 5.69 Å². The Labute approximate surface area is 142 Å². The lowest BCUT2D eigenvalue weighted by atomic mass is 10.0. The van der Waals surface area contributed by atoms with Crippen molar-refractivity contribution in [2.45, 2.75) is 17.4 Å². The molecule has 0 unspecified atom stereocenters. The van der Waals surface area contributed by atoms with E-state index < -0.39 is 0 Å². The third-order valence-corrected chi connectivity index (χ3v) is 5.46. The van der Waals surface area contributed by atoms with Gasteiger partial charge in [0.25, 0.3) is 0 Å². The standard InChI is InChI=1S/C19H22N2OS/c1-23-16-5-2-4-14(12-16)17-6-3-7-18-19(17)22-11-8-15-13-20-9-10-21(15)18/h2-7,12,15,20H,8-11,13H2,1H3/t15-/m0/s1. The van der Waals surface area contributed by atoms with Crippen LogP contribution in [0.15, 0.2) is 47.4 Å². The molecule has 4 heteroatoms. The summed E-state index contributed by atoms with van der Waals surface area (Å²) >= 11 is 1.78. The largest absolute Gasteiger partial charge is 0.491 e. The summed E-state index contributed by atoms with van der Waals surface area (Å²) in [6, 6.07) is 15.8. The molecule has 23 heavy (non-hydrogen) atoms. The molecule has 0 aliphatic carbocycles. The molecule has 1 saturated heterocycles. The first-order valence-corrected chi connectivity index (χ1v) is 9.47. The van der Waals surface area contributed by atoms with Crippen molar-refractivity contribution in [1.82, 2.24) is 5.32 Å². The molecule has 0 aromatic heterocycles. The molecule has 2 heterocycles. The zero-order chi connectivity index (χ0) is 15.6. The maximum Gasteiger partial charge on any atom is 0.150 e. The quantitative estimate of drug-likeness (QED) is 0.852. The summed E-state index contributed by atoms with van der Waals surface area (Å²) in [4.78, 5) is 3.81. The maximum absolute atomic E-state index is 6.22. The predicted molar refractivity (Wildman–Crippen MR) is 97.8 cm³/mol. The molecule has 1 fully saturated rings. The average molecular weight is 326 g/mol. The fraction of sp³-hybridized carbons (Fsp3) is 0.368. The smallest absolute Gasteiger partial charge is 0.150 e. The number of fused-ring (bicyclic) bond motifs is 3. The van der Waals surface area contributed by atoms with Gasteiger partial charge in [-0.15, -0.1) is 11.8 Å². The predicted octanol–water partition coefficient (Wildman–Crippen LogP) is 3.64. The van der Waals surface area contributed by atoms with Crippen LogP contribution in [0, 0.1) is 0 Å². The second-order valence-corrected chi connectivity index (χ2v) is 6.95. The molecule has 120 valence electrons. The van der Waals surface area contributed by atoms with Crippen molar-refractivity contribution in [2.75, 3.05) is 37.4 Å². The van der Waals surface area contributed by atoms with E-state index in [0.717, 1.165) is 38.4 Å². The number of anilines is 1. The molecular formula is C19H22N2OS. The van der Waals surface area contributed by atoms with Gasteiger partial charge in [-0.25, -0.2) is 0 Å². The molecule has 3 nitrogen and oxygen atoms in total. The summed E-state index contributed by atoms with van der Waals surface area (Å²) in [6.07, 6.45) is 3.19. The van der Waals surface area contributed by atoms with Crippen molar-refractivity contribution in [1.29, 1.82) is 0 Å². The van der Waals surface area contributed by atoms with Crippen LogP contribution in [-0.4, -0.2) is 38.5 Å². The van der Waals surface area contributed by atoms with E-state index in [1.54, 1.807) is 11.8 Å². The highest BCUT2D eigenvalue weighted by molar-refractivity contribution is 7.98. The molecule has 0 spiro atoms. The van der Waals surface area contributed by atoms with Crippen LogP contribution >= 0.6 is 11.8 Å². The first kappa shape index (κ1) is 14.9. The SMILES string of the molecule is CSc1cccc(-c2cccc3c2OCC[C@H]2CNCCN32)c1. The third kappa shape index (κ3) is 2.81. The molecule has 0 radical (unpaired) electrons. The molecule has 1 atom stereocenters. The van der Waals surface area contributed by atoms with Crippen LogP contribution < -0.4 is 15.0 Å². The van der Waals surface area contributed by atoms with Gasteiger partial charge in [-0.05, 0) is 30.0 Å². The van der Waals surface area contributed by atoms with Gasteiger partial charge < -0.3 is 15.0 Å². The minimum atomic E-state index is 0.540. The Kier molecular flexibility index (Phi) is 4.19. The zero-order valence-corrected chi connectivity index (χ0v) is 14.2. The van der Waals surface area contributed by atoms with Crippen molar-refractivity contribution in [3.05, 3.63) is 42.5 Å². The second kappa shape index (κ2) is 6.46. The molecule has 0 saturated carbocycles. The van der Waals surface area contributed by atoms with Gasteiger partial charge >= 0.3 is 0 Å². The Bertz CT molecular complexity index is 704. The van der Waals surface area contributed by atoms with Gasteiger partial charge in [-0.3, -0.25) is 0 Å². The van der Waals surface area contributed by atoms with Crippen LogP contribution in [0.25, 0.3) is 11.1 Å². The lowest BCUT2D eigenvalue weighted by molar-refractivity contribution is 0.305. The number of thioether (sulfide) groups is 1. The van der Waals surface area contributed by atoms with Gasteiger partial charge in [0.1, 0.15) is 5.75 Å². The summed E-state index contributed by atoms with van der Waals surface area (Å²) in [6.45, 7) is 3.93. The Morgan fingerprint density at radius 3 is 3.04 bits per heavy atom. The van der Waals surface area contributed by atoms with E-state index in [4.69, 9.17) is 4.74 Å². The summed E-state index contributed by atoms with van der Waals surface area (Å²) in [5.74, 6) is 1.05. The normalized spacial score (nSPS) is 20.2. The van der Waals surface area contributed by atoms with Crippen LogP contribution in [0.1, 0.15) is 6.42 Å². The molecule has 0 bridgehead atoms. The number of piperazine rings is 1. The van der Waals surface area contributed by atoms with Crippen molar-refractivity contribution in [3.63, 3.8) is 0 Å². The van der Waals surface area contributed by atoms with Gasteiger partial charge in [0.2, 0.25) is 0 Å². The molecule has 2 aliphatic rings. The number of nitrogens with zero attached hydrogens (tertiary/aromatic N) is 1. The van der Waals surface area contributed by atoms with Crippen molar-refractivity contribution < 1.29 is 4.74 Å². The van der Waals surface area contributed by atoms with E-state index in [-0.39, 0.29) is 0 Å². The number of ether oxygens (including phenoxy) is 1. The maximum atomic E-state index is 6.22. The van der Waals surface area contributed by atoms with Crippen LogP contribution in [0.2, 0.25) is 0 Å². The van der Waals surface area contributed by atoms with Crippen LogP contribution in [0.3, 0.4) is 0 Å². The molecule has 2 aromatic carbocycles. The van der Waals surface area contributed by atoms with Crippen molar-refractivity contribution in [3.8, 4) is 16.9 Å². The summed E-state index contributed by atoms with van der Waals surface area (Å²) in [5.41, 5.74) is 3.70. The topological polar surface area (TPSA) is 24.5 Å². The van der Waals surface area contributed by atoms with E-state index in [0.29, 0.717) is 6.04 Å². The molecule has 2 aromatic rings. The van der Waals surface area contributed by atoms with E-state index in [1.165, 1.54) is 21.7 Å². The van der Waals surface area contributed by atoms with Gasteiger partial charge in [0.15, 0.2) is 0 Å². The Morgan fingerprint density at radius 2 is 2.13 bits per heavy atom. The number of rotatable bonds is 2. The minimum absolute atomic E-state index is 0.540. The second-order valence-electron chi connectivity index (χ2n) is 6.07. The molecule has 2 aliphatic heterocycles. The number of benzene rings is 2. The molecule has 0 amide bonds. The summed E-state index contributed by atoms with van der Waals surface area (Å²) < 4.78 is 6.22. The van der Waals surface area contributed by atoms with E-state index in [1.807, 2.05) is 0 Å². The summed E-state index contributed by atoms with van der Waals surface area (Å²) in [5, 5.41) is 3.50. The van der Waals surface area contributed by atoms with E-state index in [2.05, 4.69) is 58.9 Å². The number of hydrogen-bond donors (Lipinski definition) is 1. The van der Waals surface area contributed by atoms with Gasteiger partial charge in [-0.1, -0.05) is 24.3 Å². The number of nitrogens with one attached hydrogen (secondary N) is 1. The van der Waals surface area contributed by atoms with Crippen molar-refractivity contribution >= 4 is 17.4 Å². The lowest BCUT2D eigenvalue weighted by Crippen LogP contribution is -2.51. The van der Waals surface area contributed by atoms with E-state index >= 15 is 0 Å².